The molecule has 0 aliphatic carbocycles. The van der Waals surface area contributed by atoms with Crippen LogP contribution in [0.15, 0.2) is 34.8 Å². The number of nitrogens with zero attached hydrogens (tertiary/aromatic N) is 1. The smallest absolute Gasteiger partial charge is 0.254 e. The summed E-state index contributed by atoms with van der Waals surface area (Å²) >= 11 is 11.9. The number of benzene rings is 1. The number of halogens is 2. The van der Waals surface area contributed by atoms with Crippen molar-refractivity contribution < 1.29 is 14.3 Å². The summed E-state index contributed by atoms with van der Waals surface area (Å²) in [5, 5.41) is 3.56. The maximum absolute atomic E-state index is 11.9. The molecular weight excluding hydrogens is 363 g/mol. The second kappa shape index (κ2) is 9.02. The van der Waals surface area contributed by atoms with Crippen LogP contribution in [0.1, 0.15) is 26.7 Å². The maximum Gasteiger partial charge on any atom is 0.254 e. The van der Waals surface area contributed by atoms with E-state index in [0.29, 0.717) is 41.0 Å². The minimum atomic E-state index is -0.380. The number of hydrogen-bond donors (Lipinski definition) is 1. The average Bonchev–Trinajstić information content (AvgIpc) is 2.54. The number of hydrogen-bond acceptors (Lipinski definition) is 3. The van der Waals surface area contributed by atoms with E-state index < -0.39 is 0 Å². The Morgan fingerprint density at radius 1 is 1.32 bits per heavy atom. The molecule has 5 nitrogen and oxygen atoms in total. The topological polar surface area (TPSA) is 67.8 Å². The lowest BCUT2D eigenvalue weighted by atomic mass is 9.96. The van der Waals surface area contributed by atoms with Crippen molar-refractivity contribution in [2.45, 2.75) is 26.7 Å². The van der Waals surface area contributed by atoms with Crippen LogP contribution >= 0.6 is 23.2 Å². The van der Waals surface area contributed by atoms with Crippen LogP contribution in [0.25, 0.3) is 0 Å². The summed E-state index contributed by atoms with van der Waals surface area (Å²) in [6.07, 6.45) is 2.68. The van der Waals surface area contributed by atoms with Crippen LogP contribution in [-0.2, 0) is 9.59 Å². The Bertz CT molecular complexity index is 729. The van der Waals surface area contributed by atoms with Crippen LogP contribution in [0.5, 0.6) is 5.75 Å². The van der Waals surface area contributed by atoms with Gasteiger partial charge in [0.15, 0.2) is 0 Å². The van der Waals surface area contributed by atoms with E-state index in [1.165, 1.54) is 0 Å². The number of amides is 2. The SMILES string of the molecule is CC1=CC(C)=NC(=O)C1CNC(=O)CCCOc1cccc(Cl)c1Cl. The number of carbonyl (C=O) groups excluding carboxylic acids is 2. The molecule has 1 N–H and O–H groups in total. The van der Waals surface area contributed by atoms with E-state index in [1.807, 2.05) is 13.0 Å². The molecule has 25 heavy (non-hydrogen) atoms. The van der Waals surface area contributed by atoms with Crippen molar-refractivity contribution in [2.24, 2.45) is 10.9 Å². The van der Waals surface area contributed by atoms with E-state index in [-0.39, 0.29) is 24.3 Å². The molecule has 1 aromatic carbocycles. The second-order valence-corrected chi connectivity index (χ2v) is 6.63. The van der Waals surface area contributed by atoms with E-state index in [1.54, 1.807) is 25.1 Å². The molecule has 1 aliphatic rings. The third kappa shape index (κ3) is 5.58. The van der Waals surface area contributed by atoms with E-state index in [4.69, 9.17) is 27.9 Å². The van der Waals surface area contributed by atoms with Crippen molar-refractivity contribution in [3.05, 3.63) is 39.9 Å². The van der Waals surface area contributed by atoms with Gasteiger partial charge in [-0.15, -0.1) is 0 Å². The zero-order valence-electron chi connectivity index (χ0n) is 14.1. The Labute approximate surface area is 157 Å². The monoisotopic (exact) mass is 382 g/mol. The van der Waals surface area contributed by atoms with E-state index >= 15 is 0 Å². The van der Waals surface area contributed by atoms with Gasteiger partial charge in [-0.2, -0.15) is 0 Å². The number of carbonyl (C=O) groups is 2. The molecule has 1 aromatic rings. The van der Waals surface area contributed by atoms with Gasteiger partial charge in [0.2, 0.25) is 5.91 Å². The molecule has 134 valence electrons. The number of nitrogens with one attached hydrogen (secondary N) is 1. The zero-order chi connectivity index (χ0) is 18.4. The number of dihydropyridines is 1. The largest absolute Gasteiger partial charge is 0.492 e. The van der Waals surface area contributed by atoms with Gasteiger partial charge < -0.3 is 10.1 Å². The molecule has 1 unspecified atom stereocenters. The average molecular weight is 383 g/mol. The first kappa shape index (κ1) is 19.5. The summed E-state index contributed by atoms with van der Waals surface area (Å²) in [5.74, 6) is -0.227. The Hall–Kier alpha value is -1.85. The number of aliphatic imine (C=N–C) groups is 1. The normalized spacial score (nSPS) is 17.0. The van der Waals surface area contributed by atoms with Crippen molar-refractivity contribution in [1.29, 1.82) is 0 Å². The second-order valence-electron chi connectivity index (χ2n) is 5.84. The fourth-order valence-electron chi connectivity index (χ4n) is 2.47. The molecule has 2 rings (SSSR count). The molecular formula is C18H20Cl2N2O3. The van der Waals surface area contributed by atoms with Crippen LogP contribution in [0.3, 0.4) is 0 Å². The third-order valence-corrected chi connectivity index (χ3v) is 4.60. The third-order valence-electron chi connectivity index (χ3n) is 3.80. The predicted octanol–water partition coefficient (Wildman–Crippen LogP) is 3.83. The lowest BCUT2D eigenvalue weighted by Gasteiger charge is -2.18. The molecule has 0 bridgehead atoms. The first-order chi connectivity index (χ1) is 11.9. The molecule has 1 atom stereocenters. The Morgan fingerprint density at radius 3 is 2.80 bits per heavy atom. The summed E-state index contributed by atoms with van der Waals surface area (Å²) in [7, 11) is 0. The van der Waals surface area contributed by atoms with E-state index in [2.05, 4.69) is 10.3 Å². The summed E-state index contributed by atoms with van der Waals surface area (Å²) in [4.78, 5) is 27.7. The highest BCUT2D eigenvalue weighted by atomic mass is 35.5. The molecule has 1 aliphatic heterocycles. The van der Waals surface area contributed by atoms with Crippen LogP contribution in [-0.4, -0.2) is 30.7 Å². The fourth-order valence-corrected chi connectivity index (χ4v) is 2.82. The Balaban J connectivity index is 1.70. The number of ether oxygens (including phenoxy) is 1. The maximum atomic E-state index is 11.9. The standard InChI is InChI=1S/C18H20Cl2N2O3/c1-11-9-12(2)22-18(24)13(11)10-21-16(23)7-4-8-25-15-6-3-5-14(19)17(15)20/h3,5-6,9,13H,4,7-8,10H2,1-2H3,(H,21,23). The summed E-state index contributed by atoms with van der Waals surface area (Å²) in [5.41, 5.74) is 1.61. The quantitative estimate of drug-likeness (QED) is 0.728. The van der Waals surface area contributed by atoms with Crippen molar-refractivity contribution in [3.63, 3.8) is 0 Å². The zero-order valence-corrected chi connectivity index (χ0v) is 15.7. The molecule has 0 spiro atoms. The van der Waals surface area contributed by atoms with Gasteiger partial charge in [0, 0.05) is 18.7 Å². The minimum absolute atomic E-state index is 0.132. The van der Waals surface area contributed by atoms with Gasteiger partial charge in [-0.05, 0) is 38.5 Å². The van der Waals surface area contributed by atoms with Crippen molar-refractivity contribution >= 4 is 40.7 Å². The summed E-state index contributed by atoms with van der Waals surface area (Å²) in [6.45, 7) is 4.26. The van der Waals surface area contributed by atoms with Gasteiger partial charge in [0.25, 0.3) is 5.91 Å². The summed E-state index contributed by atoms with van der Waals surface area (Å²) < 4.78 is 5.53. The molecule has 0 aromatic heterocycles. The first-order valence-corrected chi connectivity index (χ1v) is 8.75. The van der Waals surface area contributed by atoms with Gasteiger partial charge >= 0.3 is 0 Å². The Kier molecular flexibility index (Phi) is 7.02. The van der Waals surface area contributed by atoms with Crippen LogP contribution < -0.4 is 10.1 Å². The molecule has 0 fully saturated rings. The molecule has 2 amide bonds. The highest BCUT2D eigenvalue weighted by molar-refractivity contribution is 6.42. The molecule has 0 radical (unpaired) electrons. The minimum Gasteiger partial charge on any atom is -0.492 e. The van der Waals surface area contributed by atoms with Crippen molar-refractivity contribution in [3.8, 4) is 5.75 Å². The highest BCUT2D eigenvalue weighted by Crippen LogP contribution is 2.31. The van der Waals surface area contributed by atoms with Crippen LogP contribution in [0, 0.1) is 5.92 Å². The van der Waals surface area contributed by atoms with Gasteiger partial charge in [0.1, 0.15) is 10.8 Å². The van der Waals surface area contributed by atoms with E-state index in [0.717, 1.165) is 5.57 Å². The van der Waals surface area contributed by atoms with Gasteiger partial charge in [-0.25, -0.2) is 4.99 Å². The number of allylic oxidation sites excluding steroid dienone is 1. The Morgan fingerprint density at radius 2 is 2.08 bits per heavy atom. The summed E-state index contributed by atoms with van der Waals surface area (Å²) in [6, 6.07) is 5.15. The van der Waals surface area contributed by atoms with Gasteiger partial charge in [-0.1, -0.05) is 34.8 Å². The molecule has 0 saturated heterocycles. The van der Waals surface area contributed by atoms with Crippen molar-refractivity contribution in [2.75, 3.05) is 13.2 Å². The molecule has 1 heterocycles. The lowest BCUT2D eigenvalue weighted by molar-refractivity contribution is -0.122. The van der Waals surface area contributed by atoms with Crippen molar-refractivity contribution in [1.82, 2.24) is 5.32 Å². The van der Waals surface area contributed by atoms with Gasteiger partial charge in [-0.3, -0.25) is 9.59 Å². The highest BCUT2D eigenvalue weighted by Gasteiger charge is 2.23. The lowest BCUT2D eigenvalue weighted by Crippen LogP contribution is -2.34. The fraction of sp³-hybridized carbons (Fsp3) is 0.389. The van der Waals surface area contributed by atoms with Crippen LogP contribution in [0.2, 0.25) is 10.0 Å². The first-order valence-electron chi connectivity index (χ1n) is 7.99. The number of rotatable bonds is 7. The predicted molar refractivity (Wildman–Crippen MR) is 99.6 cm³/mol. The molecule has 0 saturated carbocycles. The van der Waals surface area contributed by atoms with E-state index in [9.17, 15) is 9.59 Å². The molecule has 7 heteroatoms. The van der Waals surface area contributed by atoms with Gasteiger partial charge in [0.05, 0.1) is 17.5 Å². The van der Waals surface area contributed by atoms with Crippen LogP contribution in [0.4, 0.5) is 0 Å².